The Bertz CT molecular complexity index is 1470. The summed E-state index contributed by atoms with van der Waals surface area (Å²) in [7, 11) is 0. The maximum absolute atomic E-state index is 12.5. The Kier molecular flexibility index (Phi) is 12.0. The first-order valence-corrected chi connectivity index (χ1v) is 16.8. The van der Waals surface area contributed by atoms with Crippen molar-refractivity contribution in [1.82, 2.24) is 19.6 Å². The molecule has 0 saturated carbocycles. The summed E-state index contributed by atoms with van der Waals surface area (Å²) in [5.41, 5.74) is 2.43. The van der Waals surface area contributed by atoms with Crippen LogP contribution >= 0.6 is 46.4 Å². The molecule has 6 rings (SSSR count). The van der Waals surface area contributed by atoms with Crippen LogP contribution in [0, 0.1) is 0 Å². The van der Waals surface area contributed by atoms with Gasteiger partial charge in [0.1, 0.15) is 0 Å². The highest BCUT2D eigenvalue weighted by molar-refractivity contribution is 6.31. The Morgan fingerprint density at radius 3 is 0.604 bits per heavy atom. The highest BCUT2D eigenvalue weighted by Gasteiger charge is 2.27. The molecule has 4 aromatic rings. The first-order chi connectivity index (χ1) is 23.1. The van der Waals surface area contributed by atoms with Crippen LogP contribution in [0.2, 0.25) is 20.1 Å². The molecule has 2 fully saturated rings. The van der Waals surface area contributed by atoms with Gasteiger partial charge >= 0.3 is 0 Å². The molecule has 4 aromatic carbocycles. The molecule has 0 aliphatic carbocycles. The molecule has 2 saturated heterocycles. The Hall–Kier alpha value is -4.08. The number of hydrogen-bond donors (Lipinski definition) is 0. The number of carbonyl (C=O) groups excluding carboxylic acids is 4. The molecule has 4 amide bonds. The highest BCUT2D eigenvalue weighted by atomic mass is 35.5. The van der Waals surface area contributed by atoms with Gasteiger partial charge in [-0.25, -0.2) is 0 Å². The van der Waals surface area contributed by atoms with Crippen LogP contribution in [0.15, 0.2) is 97.1 Å². The Morgan fingerprint density at radius 1 is 0.312 bits per heavy atom. The number of carbonyl (C=O) groups is 4. The maximum atomic E-state index is 12.5. The number of nitrogens with zero attached hydrogens (tertiary/aromatic N) is 4. The van der Waals surface area contributed by atoms with Crippen molar-refractivity contribution in [1.29, 1.82) is 0 Å². The van der Waals surface area contributed by atoms with E-state index in [1.54, 1.807) is 117 Å². The minimum absolute atomic E-state index is 0.0368. The smallest absolute Gasteiger partial charge is 0.253 e. The standard InChI is InChI=1S/2C18H16Cl2N2O2/c2*19-15-5-1-13(2-6-15)17(23)21-9-11-22(12-10-21)18(24)14-3-7-16(20)8-4-14/h2*1-8H,9-12H2. The number of amides is 4. The topological polar surface area (TPSA) is 81.2 Å². The van der Waals surface area contributed by atoms with Gasteiger partial charge in [-0.15, -0.1) is 0 Å². The molecule has 0 atom stereocenters. The van der Waals surface area contributed by atoms with Gasteiger partial charge in [0.15, 0.2) is 0 Å². The summed E-state index contributed by atoms with van der Waals surface area (Å²) >= 11 is 23.4. The van der Waals surface area contributed by atoms with Crippen LogP contribution in [-0.2, 0) is 0 Å². The summed E-state index contributed by atoms with van der Waals surface area (Å²) in [6.45, 7) is 4.12. The number of hydrogen-bond acceptors (Lipinski definition) is 4. The average molecular weight is 726 g/mol. The number of rotatable bonds is 4. The Morgan fingerprint density at radius 2 is 0.458 bits per heavy atom. The van der Waals surface area contributed by atoms with Crippen molar-refractivity contribution in [2.45, 2.75) is 0 Å². The lowest BCUT2D eigenvalue weighted by molar-refractivity contribution is 0.0535. The van der Waals surface area contributed by atoms with Crippen molar-refractivity contribution in [3.8, 4) is 0 Å². The Labute approximate surface area is 299 Å². The monoisotopic (exact) mass is 724 g/mol. The van der Waals surface area contributed by atoms with E-state index in [0.717, 1.165) is 0 Å². The van der Waals surface area contributed by atoms with E-state index in [9.17, 15) is 19.2 Å². The minimum Gasteiger partial charge on any atom is -0.335 e. The van der Waals surface area contributed by atoms with Gasteiger partial charge in [0.25, 0.3) is 23.6 Å². The molecule has 0 spiro atoms. The molecular weight excluding hydrogens is 694 g/mol. The van der Waals surface area contributed by atoms with E-state index in [-0.39, 0.29) is 23.6 Å². The zero-order valence-corrected chi connectivity index (χ0v) is 28.9. The molecule has 12 heteroatoms. The first kappa shape index (κ1) is 35.2. The average Bonchev–Trinajstić information content (AvgIpc) is 3.12. The molecule has 2 aliphatic heterocycles. The van der Waals surface area contributed by atoms with Crippen molar-refractivity contribution < 1.29 is 19.2 Å². The van der Waals surface area contributed by atoms with Gasteiger partial charge in [0.2, 0.25) is 0 Å². The Balaban J connectivity index is 0.000000188. The number of halogens is 4. The van der Waals surface area contributed by atoms with Gasteiger partial charge in [0, 0.05) is 94.7 Å². The lowest BCUT2D eigenvalue weighted by Gasteiger charge is -2.35. The van der Waals surface area contributed by atoms with E-state index >= 15 is 0 Å². The summed E-state index contributed by atoms with van der Waals surface area (Å²) in [4.78, 5) is 56.9. The van der Waals surface area contributed by atoms with Gasteiger partial charge in [-0.2, -0.15) is 0 Å². The molecule has 48 heavy (non-hydrogen) atoms. The number of piperazine rings is 2. The fraction of sp³-hybridized carbons (Fsp3) is 0.222. The van der Waals surface area contributed by atoms with E-state index in [1.165, 1.54) is 0 Å². The molecule has 0 N–H and O–H groups in total. The molecule has 0 bridgehead atoms. The second-order valence-corrected chi connectivity index (χ2v) is 12.9. The molecule has 0 unspecified atom stereocenters. The van der Waals surface area contributed by atoms with E-state index in [2.05, 4.69) is 0 Å². The fourth-order valence-corrected chi connectivity index (χ4v) is 5.83. The van der Waals surface area contributed by atoms with Crippen molar-refractivity contribution >= 4 is 70.0 Å². The predicted octanol–water partition coefficient (Wildman–Crippen LogP) is 7.18. The largest absolute Gasteiger partial charge is 0.335 e. The second-order valence-electron chi connectivity index (χ2n) is 11.2. The summed E-state index contributed by atoms with van der Waals surface area (Å²) in [5.74, 6) is -0.147. The summed E-state index contributed by atoms with van der Waals surface area (Å²) < 4.78 is 0. The maximum Gasteiger partial charge on any atom is 0.253 e. The van der Waals surface area contributed by atoms with Crippen LogP contribution in [0.1, 0.15) is 41.4 Å². The third kappa shape index (κ3) is 9.08. The van der Waals surface area contributed by atoms with Gasteiger partial charge in [-0.1, -0.05) is 46.4 Å². The third-order valence-electron chi connectivity index (χ3n) is 8.07. The van der Waals surface area contributed by atoms with Gasteiger partial charge in [-0.3, -0.25) is 19.2 Å². The predicted molar refractivity (Wildman–Crippen MR) is 189 cm³/mol. The molecule has 0 aromatic heterocycles. The molecule has 248 valence electrons. The van der Waals surface area contributed by atoms with E-state index in [4.69, 9.17) is 46.4 Å². The van der Waals surface area contributed by atoms with Gasteiger partial charge in [0.05, 0.1) is 0 Å². The van der Waals surface area contributed by atoms with E-state index < -0.39 is 0 Å². The lowest BCUT2D eigenvalue weighted by Crippen LogP contribution is -2.50. The van der Waals surface area contributed by atoms with Crippen LogP contribution in [0.25, 0.3) is 0 Å². The van der Waals surface area contributed by atoms with E-state index in [1.807, 2.05) is 0 Å². The second kappa shape index (κ2) is 16.3. The van der Waals surface area contributed by atoms with Crippen LogP contribution in [-0.4, -0.2) is 95.6 Å². The van der Waals surface area contributed by atoms with Crippen LogP contribution < -0.4 is 0 Å². The SMILES string of the molecule is O=C(c1ccc(Cl)cc1)N1CCN(C(=O)c2ccc(Cl)cc2)CC1.O=C(c1ccc(Cl)cc1)N1CCN(C(=O)c2ccc(Cl)cc2)CC1. The van der Waals surface area contributed by atoms with Crippen LogP contribution in [0.5, 0.6) is 0 Å². The van der Waals surface area contributed by atoms with Crippen LogP contribution in [0.4, 0.5) is 0 Å². The van der Waals surface area contributed by atoms with E-state index in [0.29, 0.717) is 94.7 Å². The van der Waals surface area contributed by atoms with Crippen LogP contribution in [0.3, 0.4) is 0 Å². The summed E-state index contributed by atoms with van der Waals surface area (Å²) in [6, 6.07) is 27.4. The quantitative estimate of drug-likeness (QED) is 0.223. The first-order valence-electron chi connectivity index (χ1n) is 15.3. The number of benzene rings is 4. The lowest BCUT2D eigenvalue weighted by atomic mass is 10.1. The van der Waals surface area contributed by atoms with Gasteiger partial charge < -0.3 is 19.6 Å². The summed E-state index contributed by atoms with van der Waals surface area (Å²) in [5, 5.41) is 2.41. The zero-order valence-electron chi connectivity index (χ0n) is 25.8. The van der Waals surface area contributed by atoms with Crippen molar-refractivity contribution in [2.24, 2.45) is 0 Å². The highest BCUT2D eigenvalue weighted by Crippen LogP contribution is 2.18. The van der Waals surface area contributed by atoms with Crippen molar-refractivity contribution in [3.63, 3.8) is 0 Å². The van der Waals surface area contributed by atoms with Crippen molar-refractivity contribution in [2.75, 3.05) is 52.4 Å². The normalized spacial score (nSPS) is 14.6. The summed E-state index contributed by atoms with van der Waals surface area (Å²) in [6.07, 6.45) is 0. The fourth-order valence-electron chi connectivity index (χ4n) is 5.33. The third-order valence-corrected chi connectivity index (χ3v) is 9.08. The van der Waals surface area contributed by atoms with Crippen molar-refractivity contribution in [3.05, 3.63) is 139 Å². The molecular formula is C36H32Cl4N4O4. The molecule has 0 radical (unpaired) electrons. The molecule has 2 aliphatic rings. The molecule has 2 heterocycles. The van der Waals surface area contributed by atoms with Gasteiger partial charge in [-0.05, 0) is 97.1 Å². The minimum atomic E-state index is -0.0368. The molecule has 8 nitrogen and oxygen atoms in total. The zero-order chi connectivity index (χ0) is 34.2.